The second-order valence-corrected chi connectivity index (χ2v) is 9.16. The molecule has 3 rings (SSSR count). The lowest BCUT2D eigenvalue weighted by molar-refractivity contribution is 0.0600. The van der Waals surface area contributed by atoms with Crippen LogP contribution in [0.4, 0.5) is 0 Å². The van der Waals surface area contributed by atoms with E-state index in [9.17, 15) is 4.79 Å². The van der Waals surface area contributed by atoms with E-state index in [1.54, 1.807) is 0 Å². The van der Waals surface area contributed by atoms with Crippen LogP contribution in [0.5, 0.6) is 0 Å². The van der Waals surface area contributed by atoms with Crippen molar-refractivity contribution in [3.8, 4) is 0 Å². The third-order valence-electron chi connectivity index (χ3n) is 6.28. The predicted molar refractivity (Wildman–Crippen MR) is 118 cm³/mol. The summed E-state index contributed by atoms with van der Waals surface area (Å²) in [6.07, 6.45) is 7.81. The standard InChI is InChI=1S/C26H32O2/c1-7-19-16-22-23(26(4,5)15-14-25(22,2)3)17-21(19)13-10-18-8-11-20(12-9-18)24(27)28-6/h8-13,16-17H,7,14-15H2,1-6H3. The number of carbonyl (C=O) groups is 1. The number of hydrogen-bond acceptors (Lipinski definition) is 2. The Labute approximate surface area is 169 Å². The fourth-order valence-electron chi connectivity index (χ4n) is 4.17. The quantitative estimate of drug-likeness (QED) is 0.446. The molecule has 148 valence electrons. The van der Waals surface area contributed by atoms with Gasteiger partial charge in [0.05, 0.1) is 12.7 Å². The summed E-state index contributed by atoms with van der Waals surface area (Å²) >= 11 is 0. The van der Waals surface area contributed by atoms with Gasteiger partial charge < -0.3 is 4.74 Å². The lowest BCUT2D eigenvalue weighted by Gasteiger charge is -2.42. The molecule has 0 radical (unpaired) electrons. The van der Waals surface area contributed by atoms with Gasteiger partial charge in [-0.05, 0) is 70.0 Å². The van der Waals surface area contributed by atoms with E-state index in [-0.39, 0.29) is 16.8 Å². The molecule has 0 saturated carbocycles. The predicted octanol–water partition coefficient (Wildman–Crippen LogP) is 6.56. The van der Waals surface area contributed by atoms with Gasteiger partial charge in [0.15, 0.2) is 0 Å². The summed E-state index contributed by atoms with van der Waals surface area (Å²) in [4.78, 5) is 11.6. The Kier molecular flexibility index (Phi) is 5.52. The van der Waals surface area contributed by atoms with Crippen LogP contribution in [0, 0.1) is 0 Å². The highest BCUT2D eigenvalue weighted by molar-refractivity contribution is 5.89. The summed E-state index contributed by atoms with van der Waals surface area (Å²) in [6.45, 7) is 11.7. The third kappa shape index (κ3) is 3.92. The molecule has 0 aromatic heterocycles. The largest absolute Gasteiger partial charge is 0.465 e. The summed E-state index contributed by atoms with van der Waals surface area (Å²) in [5, 5.41) is 0. The van der Waals surface area contributed by atoms with E-state index in [1.165, 1.54) is 42.2 Å². The average molecular weight is 377 g/mol. The Morgan fingerprint density at radius 3 is 2.07 bits per heavy atom. The minimum absolute atomic E-state index is 0.210. The summed E-state index contributed by atoms with van der Waals surface area (Å²) < 4.78 is 4.77. The first-order chi connectivity index (χ1) is 13.2. The van der Waals surface area contributed by atoms with Crippen LogP contribution in [0.25, 0.3) is 12.2 Å². The highest BCUT2D eigenvalue weighted by Gasteiger charge is 2.37. The number of benzene rings is 2. The smallest absolute Gasteiger partial charge is 0.337 e. The number of esters is 1. The van der Waals surface area contributed by atoms with E-state index in [0.717, 1.165) is 12.0 Å². The number of carbonyl (C=O) groups excluding carboxylic acids is 1. The van der Waals surface area contributed by atoms with Crippen molar-refractivity contribution in [2.24, 2.45) is 0 Å². The Bertz CT molecular complexity index is 899. The molecule has 2 aromatic carbocycles. The summed E-state index contributed by atoms with van der Waals surface area (Å²) in [7, 11) is 1.40. The van der Waals surface area contributed by atoms with Crippen LogP contribution in [0.1, 0.15) is 85.6 Å². The molecule has 1 aliphatic rings. The zero-order valence-corrected chi connectivity index (χ0v) is 18.1. The lowest BCUT2D eigenvalue weighted by Crippen LogP contribution is -2.34. The molecule has 2 heteroatoms. The normalized spacial score (nSPS) is 17.4. The van der Waals surface area contributed by atoms with Crippen LogP contribution < -0.4 is 0 Å². The van der Waals surface area contributed by atoms with Gasteiger partial charge in [0.25, 0.3) is 0 Å². The number of aryl methyl sites for hydroxylation is 1. The van der Waals surface area contributed by atoms with Crippen LogP contribution in [-0.2, 0) is 22.0 Å². The first kappa shape index (κ1) is 20.4. The molecule has 0 heterocycles. The highest BCUT2D eigenvalue weighted by atomic mass is 16.5. The summed E-state index contributed by atoms with van der Waals surface area (Å²) in [5.41, 5.74) is 7.79. The van der Waals surface area contributed by atoms with Crippen molar-refractivity contribution in [1.82, 2.24) is 0 Å². The zero-order chi connectivity index (χ0) is 20.5. The molecule has 28 heavy (non-hydrogen) atoms. The van der Waals surface area contributed by atoms with E-state index in [0.29, 0.717) is 5.56 Å². The van der Waals surface area contributed by atoms with Gasteiger partial charge in [-0.25, -0.2) is 4.79 Å². The Hall–Kier alpha value is -2.35. The van der Waals surface area contributed by atoms with E-state index < -0.39 is 0 Å². The molecule has 1 aliphatic carbocycles. The first-order valence-corrected chi connectivity index (χ1v) is 10.2. The van der Waals surface area contributed by atoms with E-state index in [4.69, 9.17) is 4.74 Å². The minimum Gasteiger partial charge on any atom is -0.465 e. The molecule has 2 aromatic rings. The molecule has 0 atom stereocenters. The molecule has 0 aliphatic heterocycles. The number of fused-ring (bicyclic) bond motifs is 1. The van der Waals surface area contributed by atoms with Gasteiger partial charge in [-0.2, -0.15) is 0 Å². The van der Waals surface area contributed by atoms with Crippen LogP contribution >= 0.6 is 0 Å². The van der Waals surface area contributed by atoms with Crippen LogP contribution in [0.3, 0.4) is 0 Å². The van der Waals surface area contributed by atoms with Crippen LogP contribution in [0.2, 0.25) is 0 Å². The van der Waals surface area contributed by atoms with E-state index in [1.807, 2.05) is 24.3 Å². The van der Waals surface area contributed by atoms with Crippen LogP contribution in [0.15, 0.2) is 36.4 Å². The molecule has 2 nitrogen and oxygen atoms in total. The van der Waals surface area contributed by atoms with Crippen molar-refractivity contribution < 1.29 is 9.53 Å². The monoisotopic (exact) mass is 376 g/mol. The van der Waals surface area contributed by atoms with Crippen molar-refractivity contribution in [1.29, 1.82) is 0 Å². The van der Waals surface area contributed by atoms with E-state index >= 15 is 0 Å². The number of ether oxygens (including phenoxy) is 1. The van der Waals surface area contributed by atoms with Crippen molar-refractivity contribution in [2.45, 2.75) is 64.7 Å². The van der Waals surface area contributed by atoms with Crippen molar-refractivity contribution in [3.05, 3.63) is 69.8 Å². The van der Waals surface area contributed by atoms with Gasteiger partial charge >= 0.3 is 5.97 Å². The maximum Gasteiger partial charge on any atom is 0.337 e. The van der Waals surface area contributed by atoms with Gasteiger partial charge in [-0.1, -0.05) is 71.0 Å². The fourth-order valence-corrected chi connectivity index (χ4v) is 4.17. The van der Waals surface area contributed by atoms with Crippen molar-refractivity contribution in [3.63, 3.8) is 0 Å². The molecule has 0 unspecified atom stereocenters. The molecule has 0 bridgehead atoms. The molecule has 0 spiro atoms. The molecule has 0 fully saturated rings. The average Bonchev–Trinajstić information content (AvgIpc) is 2.69. The molecular formula is C26H32O2. The molecule has 0 amide bonds. The maximum atomic E-state index is 11.6. The summed E-state index contributed by atoms with van der Waals surface area (Å²) in [6, 6.07) is 12.4. The van der Waals surface area contributed by atoms with E-state index in [2.05, 4.69) is 58.9 Å². The van der Waals surface area contributed by atoms with Crippen molar-refractivity contribution >= 4 is 18.1 Å². The van der Waals surface area contributed by atoms with Gasteiger partial charge in [0, 0.05) is 0 Å². The molecular weight excluding hydrogens is 344 g/mol. The zero-order valence-electron chi connectivity index (χ0n) is 18.1. The number of rotatable bonds is 4. The Morgan fingerprint density at radius 1 is 0.964 bits per heavy atom. The maximum absolute atomic E-state index is 11.6. The lowest BCUT2D eigenvalue weighted by atomic mass is 9.62. The molecule has 0 N–H and O–H groups in total. The second kappa shape index (κ2) is 7.58. The minimum atomic E-state index is -0.302. The third-order valence-corrected chi connectivity index (χ3v) is 6.28. The first-order valence-electron chi connectivity index (χ1n) is 10.2. The van der Waals surface area contributed by atoms with Gasteiger partial charge in [-0.3, -0.25) is 0 Å². The van der Waals surface area contributed by atoms with Gasteiger partial charge in [-0.15, -0.1) is 0 Å². The number of hydrogen-bond donors (Lipinski definition) is 0. The number of methoxy groups -OCH3 is 1. The summed E-state index contributed by atoms with van der Waals surface area (Å²) in [5.74, 6) is -0.302. The second-order valence-electron chi connectivity index (χ2n) is 9.16. The Morgan fingerprint density at radius 2 is 1.54 bits per heavy atom. The SMILES string of the molecule is CCc1cc2c(cc1C=Cc1ccc(C(=O)OC)cc1)C(C)(C)CCC2(C)C. The fraction of sp³-hybridized carbons (Fsp3) is 0.423. The molecule has 0 saturated heterocycles. The topological polar surface area (TPSA) is 26.3 Å². The Balaban J connectivity index is 1.98. The highest BCUT2D eigenvalue weighted by Crippen LogP contribution is 2.46. The van der Waals surface area contributed by atoms with Gasteiger partial charge in [0.1, 0.15) is 0 Å². The van der Waals surface area contributed by atoms with Crippen LogP contribution in [-0.4, -0.2) is 13.1 Å². The van der Waals surface area contributed by atoms with Gasteiger partial charge in [0.2, 0.25) is 0 Å². The van der Waals surface area contributed by atoms with Crippen molar-refractivity contribution in [2.75, 3.05) is 7.11 Å².